The number of nitrogens with zero attached hydrogens (tertiary/aromatic N) is 3. The van der Waals surface area contributed by atoms with Crippen LogP contribution in [0.3, 0.4) is 0 Å². The van der Waals surface area contributed by atoms with Crippen LogP contribution in [-0.4, -0.2) is 42.0 Å². The first-order chi connectivity index (χ1) is 18.8. The second kappa shape index (κ2) is 10.8. The number of carbonyl (C=O) groups is 2. The maximum atomic E-state index is 14.3. The molecule has 1 aliphatic heterocycles. The molecule has 8 nitrogen and oxygen atoms in total. The summed E-state index contributed by atoms with van der Waals surface area (Å²) in [6.45, 7) is 0.350. The quantitative estimate of drug-likeness (QED) is 0.196. The topological polar surface area (TPSA) is 105 Å². The van der Waals surface area contributed by atoms with E-state index < -0.39 is 5.82 Å². The number of imide groups is 1. The van der Waals surface area contributed by atoms with E-state index in [2.05, 4.69) is 10.3 Å². The van der Waals surface area contributed by atoms with Crippen LogP contribution in [0.4, 0.5) is 15.8 Å². The number of nitriles is 1. The first-order valence-electron chi connectivity index (χ1n) is 11.7. The Morgan fingerprint density at radius 3 is 2.38 bits per heavy atom. The van der Waals surface area contributed by atoms with Crippen molar-refractivity contribution in [2.75, 3.05) is 25.6 Å². The molecule has 0 fully saturated rings. The number of ether oxygens (including phenoxy) is 2. The fourth-order valence-corrected chi connectivity index (χ4v) is 4.76. The van der Waals surface area contributed by atoms with Crippen LogP contribution < -0.4 is 14.8 Å². The van der Waals surface area contributed by atoms with Gasteiger partial charge in [-0.3, -0.25) is 14.5 Å². The second-order valence-corrected chi connectivity index (χ2v) is 9.38. The van der Waals surface area contributed by atoms with Crippen molar-refractivity contribution in [3.05, 3.63) is 87.3 Å². The number of benzene rings is 3. The van der Waals surface area contributed by atoms with Crippen LogP contribution in [0.25, 0.3) is 10.9 Å². The molecule has 1 N–H and O–H groups in total. The molecule has 0 bridgehead atoms. The zero-order valence-corrected chi connectivity index (χ0v) is 21.9. The van der Waals surface area contributed by atoms with Crippen molar-refractivity contribution in [1.82, 2.24) is 9.88 Å². The Kier molecular flexibility index (Phi) is 7.24. The third kappa shape index (κ3) is 5.04. The Balaban J connectivity index is 1.33. The maximum absolute atomic E-state index is 14.3. The summed E-state index contributed by atoms with van der Waals surface area (Å²) in [5.41, 5.74) is 1.97. The van der Waals surface area contributed by atoms with E-state index in [0.29, 0.717) is 40.1 Å². The van der Waals surface area contributed by atoms with Gasteiger partial charge in [-0.1, -0.05) is 35.3 Å². The summed E-state index contributed by atoms with van der Waals surface area (Å²) in [5, 5.41) is 13.6. The van der Waals surface area contributed by atoms with Crippen molar-refractivity contribution in [2.45, 2.75) is 6.42 Å². The monoisotopic (exact) mass is 564 g/mol. The number of anilines is 2. The lowest BCUT2D eigenvalue weighted by Gasteiger charge is -2.16. The molecule has 39 heavy (non-hydrogen) atoms. The normalized spacial score (nSPS) is 12.4. The van der Waals surface area contributed by atoms with Crippen LogP contribution in [0.2, 0.25) is 10.0 Å². The number of carbonyl (C=O) groups excluding carboxylic acids is 2. The molecule has 4 aromatic rings. The van der Waals surface area contributed by atoms with Gasteiger partial charge in [0.15, 0.2) is 11.6 Å². The first kappa shape index (κ1) is 26.2. The Bertz CT molecular complexity index is 1650. The fourth-order valence-electron chi connectivity index (χ4n) is 4.27. The molecule has 0 unspecified atom stereocenters. The van der Waals surface area contributed by atoms with E-state index in [0.717, 1.165) is 0 Å². The Morgan fingerprint density at radius 1 is 1.00 bits per heavy atom. The fraction of sp³-hybridized carbons (Fsp3) is 0.143. The van der Waals surface area contributed by atoms with Crippen molar-refractivity contribution in [1.29, 1.82) is 5.26 Å². The maximum Gasteiger partial charge on any atom is 0.261 e. The average molecular weight is 565 g/mol. The number of amides is 2. The minimum atomic E-state index is -0.611. The van der Waals surface area contributed by atoms with Gasteiger partial charge in [0, 0.05) is 24.1 Å². The first-order valence-corrected chi connectivity index (χ1v) is 12.5. The summed E-state index contributed by atoms with van der Waals surface area (Å²) in [6, 6.07) is 15.9. The molecule has 0 radical (unpaired) electrons. The number of rotatable bonds is 8. The van der Waals surface area contributed by atoms with Crippen molar-refractivity contribution < 1.29 is 23.5 Å². The van der Waals surface area contributed by atoms with Gasteiger partial charge >= 0.3 is 0 Å². The Hall–Kier alpha value is -4.39. The summed E-state index contributed by atoms with van der Waals surface area (Å²) in [5.74, 6) is -0.941. The van der Waals surface area contributed by atoms with Crippen LogP contribution >= 0.6 is 23.2 Å². The highest BCUT2D eigenvalue weighted by atomic mass is 35.5. The SMILES string of the molecule is COc1cc2c(Nc3cc(OCCCN4C(=O)c5ccccc5C4=O)c(Cl)cc3Cl)cc(C#N)nc2cc1F. The van der Waals surface area contributed by atoms with E-state index in [4.69, 9.17) is 32.7 Å². The molecule has 2 heterocycles. The number of fused-ring (bicyclic) bond motifs is 2. The minimum Gasteiger partial charge on any atom is -0.494 e. The smallest absolute Gasteiger partial charge is 0.261 e. The number of methoxy groups -OCH3 is 1. The summed E-state index contributed by atoms with van der Waals surface area (Å²) in [4.78, 5) is 30.5. The number of halogens is 3. The average Bonchev–Trinajstić information content (AvgIpc) is 3.17. The molecule has 1 aromatic heterocycles. The van der Waals surface area contributed by atoms with E-state index in [1.165, 1.54) is 36.3 Å². The van der Waals surface area contributed by atoms with E-state index in [9.17, 15) is 19.2 Å². The molecule has 0 spiro atoms. The summed E-state index contributed by atoms with van der Waals surface area (Å²) >= 11 is 12.8. The molecule has 2 amide bonds. The molecule has 0 saturated heterocycles. The highest BCUT2D eigenvalue weighted by Gasteiger charge is 2.34. The predicted octanol–water partition coefficient (Wildman–Crippen LogP) is 6.37. The molecular formula is C28H19Cl2FN4O4. The van der Waals surface area contributed by atoms with Crippen molar-refractivity contribution >= 4 is 57.3 Å². The van der Waals surface area contributed by atoms with E-state index in [1.807, 2.05) is 6.07 Å². The second-order valence-electron chi connectivity index (χ2n) is 8.57. The number of pyridine rings is 1. The van der Waals surface area contributed by atoms with Crippen LogP contribution in [0.1, 0.15) is 32.8 Å². The highest BCUT2D eigenvalue weighted by molar-refractivity contribution is 6.37. The Morgan fingerprint density at radius 2 is 1.72 bits per heavy atom. The standard InChI is InChI=1S/C28H19Cl2FN4O4/c1-38-26-10-18-22(9-15(14-32)33-23(18)12-21(26)31)34-24-13-25(20(30)11-19(24)29)39-8-4-7-35-27(36)16-5-2-3-6-17(16)28(35)37/h2-3,5-6,9-13H,4,7-8H2,1H3,(H,33,34). The van der Waals surface area contributed by atoms with E-state index >= 15 is 0 Å². The lowest BCUT2D eigenvalue weighted by Crippen LogP contribution is -2.31. The van der Waals surface area contributed by atoms with Crippen LogP contribution in [0.5, 0.6) is 11.5 Å². The molecule has 0 atom stereocenters. The van der Waals surface area contributed by atoms with Crippen molar-refractivity contribution in [3.63, 3.8) is 0 Å². The molecule has 3 aromatic carbocycles. The van der Waals surface area contributed by atoms with Gasteiger partial charge in [-0.05, 0) is 36.8 Å². The zero-order chi connectivity index (χ0) is 27.7. The van der Waals surface area contributed by atoms with Gasteiger partial charge in [0.1, 0.15) is 17.5 Å². The molecule has 0 aliphatic carbocycles. The molecule has 5 rings (SSSR count). The van der Waals surface area contributed by atoms with Gasteiger partial charge < -0.3 is 14.8 Å². The van der Waals surface area contributed by atoms with Gasteiger partial charge in [-0.25, -0.2) is 9.37 Å². The van der Waals surface area contributed by atoms with Gasteiger partial charge in [0.25, 0.3) is 11.8 Å². The summed E-state index contributed by atoms with van der Waals surface area (Å²) in [7, 11) is 1.35. The number of hydrogen-bond donors (Lipinski definition) is 1. The van der Waals surface area contributed by atoms with Crippen LogP contribution in [-0.2, 0) is 0 Å². The number of hydrogen-bond acceptors (Lipinski definition) is 7. The van der Waals surface area contributed by atoms with Gasteiger partial charge in [-0.2, -0.15) is 5.26 Å². The van der Waals surface area contributed by atoms with Crippen molar-refractivity contribution in [2.24, 2.45) is 0 Å². The van der Waals surface area contributed by atoms with Crippen LogP contribution in [0, 0.1) is 17.1 Å². The van der Waals surface area contributed by atoms with Gasteiger partial charge in [-0.15, -0.1) is 0 Å². The van der Waals surface area contributed by atoms with Crippen molar-refractivity contribution in [3.8, 4) is 17.6 Å². The molecule has 11 heteroatoms. The number of nitrogens with one attached hydrogen (secondary N) is 1. The minimum absolute atomic E-state index is 0.0151. The van der Waals surface area contributed by atoms with Gasteiger partial charge in [0.05, 0.1) is 51.8 Å². The van der Waals surface area contributed by atoms with E-state index in [1.54, 1.807) is 30.3 Å². The Labute approximate surface area is 232 Å². The molecular weight excluding hydrogens is 546 g/mol. The lowest BCUT2D eigenvalue weighted by molar-refractivity contribution is 0.0646. The molecule has 0 saturated carbocycles. The molecule has 1 aliphatic rings. The lowest BCUT2D eigenvalue weighted by atomic mass is 10.1. The largest absolute Gasteiger partial charge is 0.494 e. The van der Waals surface area contributed by atoms with Crippen LogP contribution in [0.15, 0.2) is 54.6 Å². The van der Waals surface area contributed by atoms with E-state index in [-0.39, 0.29) is 52.0 Å². The third-order valence-corrected chi connectivity index (χ3v) is 6.76. The van der Waals surface area contributed by atoms with Gasteiger partial charge in [0.2, 0.25) is 0 Å². The third-order valence-electron chi connectivity index (χ3n) is 6.15. The summed E-state index contributed by atoms with van der Waals surface area (Å²) in [6.07, 6.45) is 0.374. The number of aromatic nitrogens is 1. The molecule has 196 valence electrons. The predicted molar refractivity (Wildman–Crippen MR) is 145 cm³/mol. The highest BCUT2D eigenvalue weighted by Crippen LogP contribution is 2.38. The summed E-state index contributed by atoms with van der Waals surface area (Å²) < 4.78 is 25.2. The zero-order valence-electron chi connectivity index (χ0n) is 20.4.